The van der Waals surface area contributed by atoms with Gasteiger partial charge in [-0.25, -0.2) is 0 Å². The molecular formula is C15H22O3. The van der Waals surface area contributed by atoms with Crippen LogP contribution in [0.2, 0.25) is 0 Å². The molecule has 1 aromatic carbocycles. The molecule has 1 N–H and O–H groups in total. The summed E-state index contributed by atoms with van der Waals surface area (Å²) in [5.74, 6) is 1.51. The molecule has 0 spiro atoms. The molecule has 100 valence electrons. The second kappa shape index (κ2) is 6.64. The van der Waals surface area contributed by atoms with E-state index < -0.39 is 0 Å². The van der Waals surface area contributed by atoms with Crippen LogP contribution in [0.3, 0.4) is 0 Å². The molecule has 0 aromatic heterocycles. The van der Waals surface area contributed by atoms with Gasteiger partial charge in [-0.05, 0) is 43.4 Å². The van der Waals surface area contributed by atoms with Gasteiger partial charge in [0.05, 0.1) is 19.8 Å². The number of hydrogen-bond acceptors (Lipinski definition) is 3. The third kappa shape index (κ3) is 3.39. The second-order valence-electron chi connectivity index (χ2n) is 4.87. The molecule has 0 bridgehead atoms. The Hall–Kier alpha value is -1.22. The third-order valence-corrected chi connectivity index (χ3v) is 3.51. The maximum Gasteiger partial charge on any atom is 0.161 e. The molecule has 0 heterocycles. The monoisotopic (exact) mass is 250 g/mol. The van der Waals surface area contributed by atoms with Crippen molar-refractivity contribution in [1.82, 2.24) is 0 Å². The van der Waals surface area contributed by atoms with Crippen LogP contribution in [0.1, 0.15) is 44.1 Å². The van der Waals surface area contributed by atoms with Gasteiger partial charge in [-0.2, -0.15) is 0 Å². The first kappa shape index (κ1) is 13.2. The van der Waals surface area contributed by atoms with Gasteiger partial charge < -0.3 is 14.6 Å². The Morgan fingerprint density at radius 2 is 1.83 bits per heavy atom. The molecule has 0 atom stereocenters. The van der Waals surface area contributed by atoms with Crippen LogP contribution < -0.4 is 9.47 Å². The Morgan fingerprint density at radius 1 is 1.11 bits per heavy atom. The number of benzene rings is 1. The van der Waals surface area contributed by atoms with Gasteiger partial charge >= 0.3 is 0 Å². The summed E-state index contributed by atoms with van der Waals surface area (Å²) in [7, 11) is 1.65. The van der Waals surface area contributed by atoms with E-state index in [0.29, 0.717) is 0 Å². The highest BCUT2D eigenvalue weighted by atomic mass is 16.5. The Labute approximate surface area is 109 Å². The number of hydrogen-bond donors (Lipinski definition) is 1. The third-order valence-electron chi connectivity index (χ3n) is 3.51. The largest absolute Gasteiger partial charge is 0.493 e. The molecule has 3 heteroatoms. The molecule has 0 aliphatic heterocycles. The van der Waals surface area contributed by atoms with E-state index in [1.807, 2.05) is 18.2 Å². The zero-order valence-electron chi connectivity index (χ0n) is 11.0. The van der Waals surface area contributed by atoms with Gasteiger partial charge in [-0.3, -0.25) is 0 Å². The highest BCUT2D eigenvalue weighted by Gasteiger charge is 2.16. The summed E-state index contributed by atoms with van der Waals surface area (Å²) in [5, 5.41) is 9.18. The van der Waals surface area contributed by atoms with Gasteiger partial charge in [0, 0.05) is 0 Å². The molecule has 18 heavy (non-hydrogen) atoms. The topological polar surface area (TPSA) is 38.7 Å². The molecule has 0 saturated heterocycles. The van der Waals surface area contributed by atoms with Crippen molar-refractivity contribution in [1.29, 1.82) is 0 Å². The molecule has 2 rings (SSSR count). The minimum Gasteiger partial charge on any atom is -0.493 e. The number of aliphatic hydroxyl groups is 1. The van der Waals surface area contributed by atoms with Crippen molar-refractivity contribution in [2.75, 3.05) is 7.11 Å². The molecule has 3 nitrogen and oxygen atoms in total. The fourth-order valence-electron chi connectivity index (χ4n) is 2.45. The van der Waals surface area contributed by atoms with E-state index >= 15 is 0 Å². The van der Waals surface area contributed by atoms with Crippen LogP contribution in [-0.4, -0.2) is 18.3 Å². The first-order valence-electron chi connectivity index (χ1n) is 6.78. The molecule has 1 aliphatic rings. The van der Waals surface area contributed by atoms with Crippen LogP contribution in [-0.2, 0) is 6.61 Å². The van der Waals surface area contributed by atoms with E-state index in [2.05, 4.69) is 0 Å². The van der Waals surface area contributed by atoms with Crippen molar-refractivity contribution < 1.29 is 14.6 Å². The fourth-order valence-corrected chi connectivity index (χ4v) is 2.45. The smallest absolute Gasteiger partial charge is 0.161 e. The van der Waals surface area contributed by atoms with Gasteiger partial charge in [0.25, 0.3) is 0 Å². The molecule has 1 saturated carbocycles. The van der Waals surface area contributed by atoms with E-state index in [0.717, 1.165) is 29.9 Å². The van der Waals surface area contributed by atoms with E-state index in [-0.39, 0.29) is 12.7 Å². The van der Waals surface area contributed by atoms with Gasteiger partial charge in [0.1, 0.15) is 0 Å². The predicted molar refractivity (Wildman–Crippen MR) is 71.0 cm³/mol. The zero-order valence-corrected chi connectivity index (χ0v) is 11.0. The number of methoxy groups -OCH3 is 1. The summed E-state index contributed by atoms with van der Waals surface area (Å²) in [4.78, 5) is 0. The molecule has 0 unspecified atom stereocenters. The maximum absolute atomic E-state index is 9.18. The summed E-state index contributed by atoms with van der Waals surface area (Å²) >= 11 is 0. The Morgan fingerprint density at radius 3 is 2.44 bits per heavy atom. The average molecular weight is 250 g/mol. The van der Waals surface area contributed by atoms with Crippen molar-refractivity contribution in [3.05, 3.63) is 23.8 Å². The summed E-state index contributed by atoms with van der Waals surface area (Å²) in [6, 6.07) is 5.60. The number of rotatable bonds is 4. The van der Waals surface area contributed by atoms with Crippen LogP contribution in [0, 0.1) is 0 Å². The normalized spacial score (nSPS) is 17.2. The van der Waals surface area contributed by atoms with Crippen molar-refractivity contribution in [3.63, 3.8) is 0 Å². The summed E-state index contributed by atoms with van der Waals surface area (Å²) in [5.41, 5.74) is 0.861. The van der Waals surface area contributed by atoms with E-state index in [1.54, 1.807) is 7.11 Å². The summed E-state index contributed by atoms with van der Waals surface area (Å²) < 4.78 is 11.4. The Balaban J connectivity index is 2.10. The Kier molecular flexibility index (Phi) is 4.88. The minimum atomic E-state index is 0.0328. The van der Waals surface area contributed by atoms with Crippen LogP contribution in [0.25, 0.3) is 0 Å². The van der Waals surface area contributed by atoms with Crippen molar-refractivity contribution >= 4 is 0 Å². The quantitative estimate of drug-likeness (QED) is 0.833. The molecule has 0 amide bonds. The minimum absolute atomic E-state index is 0.0328. The van der Waals surface area contributed by atoms with E-state index in [4.69, 9.17) is 9.47 Å². The summed E-state index contributed by atoms with van der Waals surface area (Å²) in [6.07, 6.45) is 7.63. The predicted octanol–water partition coefficient (Wildman–Crippen LogP) is 3.29. The van der Waals surface area contributed by atoms with Gasteiger partial charge in [0.2, 0.25) is 0 Å². The lowest BCUT2D eigenvalue weighted by atomic mass is 10.1. The lowest BCUT2D eigenvalue weighted by Crippen LogP contribution is -2.15. The molecule has 1 aromatic rings. The second-order valence-corrected chi connectivity index (χ2v) is 4.87. The van der Waals surface area contributed by atoms with E-state index in [9.17, 15) is 5.11 Å². The van der Waals surface area contributed by atoms with Crippen LogP contribution in [0.4, 0.5) is 0 Å². The van der Waals surface area contributed by atoms with Gasteiger partial charge in [0.15, 0.2) is 11.5 Å². The fraction of sp³-hybridized carbons (Fsp3) is 0.600. The molecular weight excluding hydrogens is 228 g/mol. The first-order chi connectivity index (χ1) is 8.83. The van der Waals surface area contributed by atoms with Crippen molar-refractivity contribution in [2.24, 2.45) is 0 Å². The Bertz CT molecular complexity index is 368. The standard InChI is InChI=1S/C15H22O3/c1-17-14-9-8-12(11-16)10-15(14)18-13-6-4-2-3-5-7-13/h8-10,13,16H,2-7,11H2,1H3. The molecule has 1 fully saturated rings. The lowest BCUT2D eigenvalue weighted by molar-refractivity contribution is 0.176. The van der Waals surface area contributed by atoms with Crippen LogP contribution in [0.15, 0.2) is 18.2 Å². The van der Waals surface area contributed by atoms with Crippen molar-refractivity contribution in [3.8, 4) is 11.5 Å². The molecule has 1 aliphatic carbocycles. The van der Waals surface area contributed by atoms with Gasteiger partial charge in [-0.15, -0.1) is 0 Å². The lowest BCUT2D eigenvalue weighted by Gasteiger charge is -2.19. The SMILES string of the molecule is COc1ccc(CO)cc1OC1CCCCCC1. The highest BCUT2D eigenvalue weighted by Crippen LogP contribution is 2.31. The first-order valence-corrected chi connectivity index (χ1v) is 6.78. The number of aliphatic hydroxyl groups excluding tert-OH is 1. The number of ether oxygens (including phenoxy) is 2. The van der Waals surface area contributed by atoms with Crippen LogP contribution >= 0.6 is 0 Å². The zero-order chi connectivity index (χ0) is 12.8. The van der Waals surface area contributed by atoms with Gasteiger partial charge in [-0.1, -0.05) is 18.9 Å². The maximum atomic E-state index is 9.18. The molecule has 0 radical (unpaired) electrons. The van der Waals surface area contributed by atoms with Crippen LogP contribution in [0.5, 0.6) is 11.5 Å². The van der Waals surface area contributed by atoms with Crippen molar-refractivity contribution in [2.45, 2.75) is 51.2 Å². The summed E-state index contributed by atoms with van der Waals surface area (Å²) in [6.45, 7) is 0.0328. The van der Waals surface area contributed by atoms with E-state index in [1.165, 1.54) is 25.7 Å². The average Bonchev–Trinajstić information content (AvgIpc) is 2.67. The highest BCUT2D eigenvalue weighted by molar-refractivity contribution is 5.42.